The van der Waals surface area contributed by atoms with Crippen molar-refractivity contribution in [3.05, 3.63) is 47.0 Å². The molecule has 28 heavy (non-hydrogen) atoms. The van der Waals surface area contributed by atoms with Gasteiger partial charge >= 0.3 is 0 Å². The summed E-state index contributed by atoms with van der Waals surface area (Å²) in [5.41, 5.74) is 1.71. The zero-order valence-corrected chi connectivity index (χ0v) is 16.9. The molecule has 2 heterocycles. The maximum atomic E-state index is 13.8. The molecule has 7 heteroatoms. The number of fused-ring (bicyclic) bond motifs is 1. The van der Waals surface area contributed by atoms with Gasteiger partial charge in [0.1, 0.15) is 5.69 Å². The third-order valence-corrected chi connectivity index (χ3v) is 5.15. The number of pyridine rings is 1. The highest BCUT2D eigenvalue weighted by atomic mass is 19.3. The van der Waals surface area contributed by atoms with E-state index in [2.05, 4.69) is 10.1 Å². The molecule has 0 bridgehead atoms. The lowest BCUT2D eigenvalue weighted by Gasteiger charge is -2.37. The van der Waals surface area contributed by atoms with Crippen LogP contribution in [-0.2, 0) is 13.0 Å². The summed E-state index contributed by atoms with van der Waals surface area (Å²) < 4.78 is 28.9. The first-order chi connectivity index (χ1) is 13.3. The van der Waals surface area contributed by atoms with E-state index in [1.54, 1.807) is 11.1 Å². The van der Waals surface area contributed by atoms with Gasteiger partial charge in [-0.05, 0) is 50.7 Å². The van der Waals surface area contributed by atoms with E-state index in [0.29, 0.717) is 6.54 Å². The number of nitrogens with zero attached hydrogens (tertiary/aromatic N) is 4. The number of halogens is 2. The minimum atomic E-state index is -2.76. The zero-order chi connectivity index (χ0) is 20.4. The molecular formula is C21H28F2N4O. The smallest absolute Gasteiger partial charge is 0.280 e. The molecule has 3 rings (SSSR count). The van der Waals surface area contributed by atoms with E-state index >= 15 is 0 Å². The van der Waals surface area contributed by atoms with Crippen molar-refractivity contribution in [2.45, 2.75) is 72.0 Å². The molecule has 1 atom stereocenters. The highest BCUT2D eigenvalue weighted by molar-refractivity contribution is 5.95. The van der Waals surface area contributed by atoms with Crippen LogP contribution in [0.4, 0.5) is 8.78 Å². The summed E-state index contributed by atoms with van der Waals surface area (Å²) in [7, 11) is 0. The maximum absolute atomic E-state index is 13.8. The summed E-state index contributed by atoms with van der Waals surface area (Å²) in [6.45, 7) is 8.04. The van der Waals surface area contributed by atoms with Crippen molar-refractivity contribution in [3.8, 4) is 0 Å². The van der Waals surface area contributed by atoms with Gasteiger partial charge in [-0.1, -0.05) is 19.9 Å². The Bertz CT molecular complexity index is 832. The number of carbonyl (C=O) groups excluding carboxylic acids is 1. The molecule has 1 amide bonds. The number of hydrogen-bond acceptors (Lipinski definition) is 3. The van der Waals surface area contributed by atoms with Crippen LogP contribution in [0.15, 0.2) is 24.5 Å². The molecule has 5 nitrogen and oxygen atoms in total. The van der Waals surface area contributed by atoms with Crippen molar-refractivity contribution in [2.24, 2.45) is 5.92 Å². The predicted octanol–water partition coefficient (Wildman–Crippen LogP) is 4.80. The first-order valence-electron chi connectivity index (χ1n) is 9.91. The predicted molar refractivity (Wildman–Crippen MR) is 103 cm³/mol. The molecule has 2 aromatic heterocycles. The molecule has 152 valence electrons. The molecular weight excluding hydrogens is 362 g/mol. The Morgan fingerprint density at radius 3 is 2.71 bits per heavy atom. The number of aromatic nitrogens is 3. The molecule has 0 fully saturated rings. The van der Waals surface area contributed by atoms with Gasteiger partial charge in [0.25, 0.3) is 12.3 Å². The SMILES string of the molecule is CC(C)Cn1ncc(C(=O)N(C(C)C)C2CCCc3cccnc32)c1C(F)F. The highest BCUT2D eigenvalue weighted by Gasteiger charge is 2.35. The van der Waals surface area contributed by atoms with E-state index in [9.17, 15) is 13.6 Å². The van der Waals surface area contributed by atoms with E-state index < -0.39 is 12.3 Å². The van der Waals surface area contributed by atoms with Gasteiger partial charge in [0.2, 0.25) is 0 Å². The molecule has 1 aliphatic carbocycles. The fourth-order valence-corrected chi connectivity index (χ4v) is 4.01. The van der Waals surface area contributed by atoms with Gasteiger partial charge in [0.05, 0.1) is 23.5 Å². The Labute approximate surface area is 164 Å². The van der Waals surface area contributed by atoms with Crippen LogP contribution in [0.2, 0.25) is 0 Å². The van der Waals surface area contributed by atoms with Gasteiger partial charge in [-0.2, -0.15) is 5.10 Å². The van der Waals surface area contributed by atoms with Crippen molar-refractivity contribution >= 4 is 5.91 Å². The number of aryl methyl sites for hydroxylation is 1. The fourth-order valence-electron chi connectivity index (χ4n) is 4.01. The molecule has 0 N–H and O–H groups in total. The van der Waals surface area contributed by atoms with Crippen molar-refractivity contribution in [1.29, 1.82) is 0 Å². The average Bonchev–Trinajstić information content (AvgIpc) is 3.05. The van der Waals surface area contributed by atoms with Gasteiger partial charge in [-0.3, -0.25) is 14.5 Å². The Balaban J connectivity index is 2.01. The standard InChI is InChI=1S/C21H28F2N4O/c1-13(2)12-26-19(20(22)23)16(11-25-26)21(28)27(14(3)4)17-9-5-7-15-8-6-10-24-18(15)17/h6,8,10-11,13-14,17,20H,5,7,9,12H2,1-4H3. The van der Waals surface area contributed by atoms with Crippen LogP contribution < -0.4 is 0 Å². The van der Waals surface area contributed by atoms with Gasteiger partial charge < -0.3 is 4.90 Å². The summed E-state index contributed by atoms with van der Waals surface area (Å²) in [4.78, 5) is 19.7. The third-order valence-electron chi connectivity index (χ3n) is 5.15. The van der Waals surface area contributed by atoms with E-state index in [4.69, 9.17) is 0 Å². The Kier molecular flexibility index (Phi) is 6.10. The molecule has 2 aromatic rings. The van der Waals surface area contributed by atoms with Crippen LogP contribution in [0, 0.1) is 5.92 Å². The van der Waals surface area contributed by atoms with Crippen molar-refractivity contribution in [1.82, 2.24) is 19.7 Å². The van der Waals surface area contributed by atoms with Crippen LogP contribution in [0.1, 0.15) is 80.3 Å². The van der Waals surface area contributed by atoms with E-state index in [1.165, 1.54) is 10.9 Å². The summed E-state index contributed by atoms with van der Waals surface area (Å²) in [6.07, 6.45) is 2.90. The molecule has 1 aliphatic rings. The monoisotopic (exact) mass is 390 g/mol. The number of alkyl halides is 2. The van der Waals surface area contributed by atoms with Crippen LogP contribution in [0.25, 0.3) is 0 Å². The molecule has 1 unspecified atom stereocenters. The Hall–Kier alpha value is -2.31. The lowest BCUT2D eigenvalue weighted by atomic mass is 9.89. The maximum Gasteiger partial charge on any atom is 0.280 e. The minimum Gasteiger partial charge on any atom is -0.327 e. The average molecular weight is 390 g/mol. The zero-order valence-electron chi connectivity index (χ0n) is 16.9. The molecule has 0 aliphatic heterocycles. The summed E-state index contributed by atoms with van der Waals surface area (Å²) in [5, 5.41) is 4.10. The number of amides is 1. The quantitative estimate of drug-likeness (QED) is 0.712. The van der Waals surface area contributed by atoms with E-state index in [0.717, 1.165) is 30.5 Å². The second-order valence-electron chi connectivity index (χ2n) is 8.08. The summed E-state index contributed by atoms with van der Waals surface area (Å²) in [6, 6.07) is 3.57. The van der Waals surface area contributed by atoms with E-state index in [-0.39, 0.29) is 29.3 Å². The van der Waals surface area contributed by atoms with Crippen LogP contribution in [-0.4, -0.2) is 31.6 Å². The Morgan fingerprint density at radius 1 is 1.32 bits per heavy atom. The lowest BCUT2D eigenvalue weighted by Crippen LogP contribution is -2.42. The molecule has 0 saturated heterocycles. The highest BCUT2D eigenvalue weighted by Crippen LogP contribution is 2.36. The lowest BCUT2D eigenvalue weighted by molar-refractivity contribution is 0.0564. The molecule has 0 saturated carbocycles. The number of hydrogen-bond donors (Lipinski definition) is 0. The van der Waals surface area contributed by atoms with Crippen molar-refractivity contribution < 1.29 is 13.6 Å². The molecule has 0 aromatic carbocycles. The fraction of sp³-hybridized carbons (Fsp3) is 0.571. The van der Waals surface area contributed by atoms with Gasteiger partial charge in [0.15, 0.2) is 0 Å². The topological polar surface area (TPSA) is 51.0 Å². The number of carbonyl (C=O) groups is 1. The van der Waals surface area contributed by atoms with Gasteiger partial charge in [-0.15, -0.1) is 0 Å². The largest absolute Gasteiger partial charge is 0.327 e. The van der Waals surface area contributed by atoms with Gasteiger partial charge in [0, 0.05) is 18.8 Å². The molecule has 0 spiro atoms. The van der Waals surface area contributed by atoms with Crippen LogP contribution >= 0.6 is 0 Å². The first-order valence-corrected chi connectivity index (χ1v) is 9.91. The van der Waals surface area contributed by atoms with Crippen LogP contribution in [0.5, 0.6) is 0 Å². The second-order valence-corrected chi connectivity index (χ2v) is 8.08. The van der Waals surface area contributed by atoms with Crippen molar-refractivity contribution in [2.75, 3.05) is 0 Å². The normalized spacial score (nSPS) is 16.7. The second kappa shape index (κ2) is 8.37. The Morgan fingerprint density at radius 2 is 2.07 bits per heavy atom. The van der Waals surface area contributed by atoms with Crippen LogP contribution in [0.3, 0.4) is 0 Å². The summed E-state index contributed by atoms with van der Waals surface area (Å²) in [5.74, 6) is -0.250. The van der Waals surface area contributed by atoms with E-state index in [1.807, 2.05) is 39.8 Å². The first kappa shape index (κ1) is 20.4. The third kappa shape index (κ3) is 3.93. The minimum absolute atomic E-state index is 0.00703. The molecule has 0 radical (unpaired) electrons. The van der Waals surface area contributed by atoms with Crippen molar-refractivity contribution in [3.63, 3.8) is 0 Å². The number of rotatable bonds is 6. The van der Waals surface area contributed by atoms with Gasteiger partial charge in [-0.25, -0.2) is 8.78 Å². The summed E-state index contributed by atoms with van der Waals surface area (Å²) >= 11 is 0.